The Labute approximate surface area is 136 Å². The Morgan fingerprint density at radius 2 is 2.00 bits per heavy atom. The zero-order valence-electron chi connectivity index (χ0n) is 13.2. The summed E-state index contributed by atoms with van der Waals surface area (Å²) in [6.45, 7) is 2.77. The summed E-state index contributed by atoms with van der Waals surface area (Å²) in [6.07, 6.45) is 1.98. The van der Waals surface area contributed by atoms with Gasteiger partial charge in [-0.2, -0.15) is 0 Å². The number of hydrogen-bond donors (Lipinski definition) is 2. The number of rotatable bonds is 10. The van der Waals surface area contributed by atoms with Crippen LogP contribution in [0.1, 0.15) is 31.7 Å². The van der Waals surface area contributed by atoms with Crippen LogP contribution in [-0.2, 0) is 15.3 Å². The maximum absolute atomic E-state index is 12.4. The number of carbonyl (C=O) groups is 2. The summed E-state index contributed by atoms with van der Waals surface area (Å²) < 4.78 is 3.08. The van der Waals surface area contributed by atoms with Crippen LogP contribution >= 0.6 is 11.9 Å². The van der Waals surface area contributed by atoms with Crippen molar-refractivity contribution >= 4 is 23.8 Å². The monoisotopic (exact) mass is 323 g/mol. The first kappa shape index (κ1) is 18.5. The van der Waals surface area contributed by atoms with Crippen LogP contribution in [0.15, 0.2) is 30.3 Å². The lowest BCUT2D eigenvalue weighted by molar-refractivity contribution is -0.133. The van der Waals surface area contributed by atoms with E-state index >= 15 is 0 Å². The first-order valence-electron chi connectivity index (χ1n) is 7.49. The SMILES string of the molecule is CCCCN(C)C(=O)[C@H](CC(N)=O)NSCc1ccccc1. The quantitative estimate of drug-likeness (QED) is 0.645. The van der Waals surface area contributed by atoms with Crippen molar-refractivity contribution in [3.63, 3.8) is 0 Å². The second kappa shape index (κ2) is 10.2. The van der Waals surface area contributed by atoms with Crippen molar-refractivity contribution in [2.75, 3.05) is 13.6 Å². The molecule has 2 amide bonds. The smallest absolute Gasteiger partial charge is 0.240 e. The van der Waals surface area contributed by atoms with Crippen molar-refractivity contribution in [2.45, 2.75) is 38.0 Å². The van der Waals surface area contributed by atoms with Crippen LogP contribution < -0.4 is 10.5 Å². The Balaban J connectivity index is 2.52. The van der Waals surface area contributed by atoms with E-state index in [0.717, 1.165) is 24.2 Å². The zero-order chi connectivity index (χ0) is 16.4. The highest BCUT2D eigenvalue weighted by Gasteiger charge is 2.23. The fourth-order valence-electron chi connectivity index (χ4n) is 1.95. The molecule has 0 aliphatic heterocycles. The molecule has 22 heavy (non-hydrogen) atoms. The molecule has 122 valence electrons. The Morgan fingerprint density at radius 3 is 2.59 bits per heavy atom. The predicted molar refractivity (Wildman–Crippen MR) is 91.0 cm³/mol. The summed E-state index contributed by atoms with van der Waals surface area (Å²) >= 11 is 1.42. The Morgan fingerprint density at radius 1 is 1.32 bits per heavy atom. The average molecular weight is 323 g/mol. The normalized spacial score (nSPS) is 11.9. The van der Waals surface area contributed by atoms with Crippen molar-refractivity contribution in [2.24, 2.45) is 5.73 Å². The van der Waals surface area contributed by atoms with Gasteiger partial charge in [0.25, 0.3) is 0 Å². The van der Waals surface area contributed by atoms with Crippen LogP contribution in [0.5, 0.6) is 0 Å². The van der Waals surface area contributed by atoms with Crippen molar-refractivity contribution in [3.8, 4) is 0 Å². The second-order valence-corrected chi connectivity index (χ2v) is 6.04. The van der Waals surface area contributed by atoms with Gasteiger partial charge in [-0.15, -0.1) is 0 Å². The molecule has 3 N–H and O–H groups in total. The number of likely N-dealkylation sites (N-methyl/N-ethyl adjacent to an activating group) is 1. The predicted octanol–water partition coefficient (Wildman–Crippen LogP) is 1.93. The lowest BCUT2D eigenvalue weighted by Crippen LogP contribution is -2.45. The molecular formula is C16H25N3O2S. The molecular weight excluding hydrogens is 298 g/mol. The van der Waals surface area contributed by atoms with E-state index in [1.807, 2.05) is 30.3 Å². The van der Waals surface area contributed by atoms with Gasteiger partial charge in [0.1, 0.15) is 6.04 Å². The molecule has 5 nitrogen and oxygen atoms in total. The summed E-state index contributed by atoms with van der Waals surface area (Å²) in [5.74, 6) is 0.157. The van der Waals surface area contributed by atoms with Gasteiger partial charge in [0.2, 0.25) is 11.8 Å². The zero-order valence-corrected chi connectivity index (χ0v) is 14.1. The summed E-state index contributed by atoms with van der Waals surface area (Å²) in [6, 6.07) is 9.37. The van der Waals surface area contributed by atoms with E-state index in [0.29, 0.717) is 6.54 Å². The lowest BCUT2D eigenvalue weighted by atomic mass is 10.2. The Bertz CT molecular complexity index is 468. The standard InChI is InChI=1S/C16H25N3O2S/c1-3-4-10-19(2)16(21)14(11-15(17)20)18-22-12-13-8-6-5-7-9-13/h5-9,14,18H,3-4,10-12H2,1-2H3,(H2,17,20)/t14-/m0/s1. The lowest BCUT2D eigenvalue weighted by Gasteiger charge is -2.23. The maximum Gasteiger partial charge on any atom is 0.240 e. The highest BCUT2D eigenvalue weighted by atomic mass is 32.2. The van der Waals surface area contributed by atoms with E-state index < -0.39 is 11.9 Å². The van der Waals surface area contributed by atoms with E-state index in [4.69, 9.17) is 5.73 Å². The molecule has 0 aromatic heterocycles. The van der Waals surface area contributed by atoms with E-state index in [1.165, 1.54) is 11.9 Å². The van der Waals surface area contributed by atoms with Gasteiger partial charge in [-0.3, -0.25) is 14.3 Å². The third-order valence-corrected chi connectivity index (χ3v) is 4.16. The molecule has 0 bridgehead atoms. The van der Waals surface area contributed by atoms with E-state index in [9.17, 15) is 9.59 Å². The second-order valence-electron chi connectivity index (χ2n) is 5.23. The fourth-order valence-corrected chi connectivity index (χ4v) is 2.78. The minimum atomic E-state index is -0.576. The number of nitrogens with one attached hydrogen (secondary N) is 1. The van der Waals surface area contributed by atoms with Crippen molar-refractivity contribution in [1.29, 1.82) is 0 Å². The molecule has 1 aromatic carbocycles. The molecule has 0 radical (unpaired) electrons. The number of unbranched alkanes of at least 4 members (excludes halogenated alkanes) is 1. The van der Waals surface area contributed by atoms with E-state index in [1.54, 1.807) is 11.9 Å². The molecule has 0 saturated carbocycles. The van der Waals surface area contributed by atoms with E-state index in [-0.39, 0.29) is 12.3 Å². The third kappa shape index (κ3) is 6.95. The van der Waals surface area contributed by atoms with Crippen LogP contribution in [0.2, 0.25) is 0 Å². The Hall–Kier alpha value is -1.53. The van der Waals surface area contributed by atoms with Crippen LogP contribution in [0.25, 0.3) is 0 Å². The molecule has 6 heteroatoms. The summed E-state index contributed by atoms with van der Waals surface area (Å²) in [7, 11) is 1.76. The minimum Gasteiger partial charge on any atom is -0.370 e. The number of hydrogen-bond acceptors (Lipinski definition) is 4. The van der Waals surface area contributed by atoms with Gasteiger partial charge < -0.3 is 10.6 Å². The maximum atomic E-state index is 12.4. The molecule has 0 fully saturated rings. The van der Waals surface area contributed by atoms with Gasteiger partial charge in [-0.05, 0) is 12.0 Å². The highest BCUT2D eigenvalue weighted by molar-refractivity contribution is 7.96. The number of nitrogens with zero attached hydrogens (tertiary/aromatic N) is 1. The topological polar surface area (TPSA) is 75.4 Å². The molecule has 0 heterocycles. The summed E-state index contributed by atoms with van der Waals surface area (Å²) in [4.78, 5) is 25.2. The van der Waals surface area contributed by atoms with Gasteiger partial charge in [0.15, 0.2) is 0 Å². The number of benzene rings is 1. The molecule has 0 aliphatic rings. The van der Waals surface area contributed by atoms with Gasteiger partial charge in [-0.25, -0.2) is 0 Å². The largest absolute Gasteiger partial charge is 0.370 e. The summed E-state index contributed by atoms with van der Waals surface area (Å²) in [5, 5.41) is 0. The molecule has 1 aromatic rings. The van der Waals surface area contributed by atoms with Crippen LogP contribution in [0.4, 0.5) is 0 Å². The number of primary amides is 1. The van der Waals surface area contributed by atoms with Gasteiger partial charge >= 0.3 is 0 Å². The van der Waals surface area contributed by atoms with Gasteiger partial charge in [0, 0.05) is 19.3 Å². The average Bonchev–Trinajstić information content (AvgIpc) is 2.51. The molecule has 0 spiro atoms. The molecule has 0 unspecified atom stereocenters. The number of carbonyl (C=O) groups excluding carboxylic acids is 2. The third-order valence-electron chi connectivity index (χ3n) is 3.23. The van der Waals surface area contributed by atoms with Gasteiger partial charge in [0.05, 0.1) is 6.42 Å². The van der Waals surface area contributed by atoms with Crippen molar-refractivity contribution in [3.05, 3.63) is 35.9 Å². The van der Waals surface area contributed by atoms with E-state index in [2.05, 4.69) is 11.6 Å². The molecule has 0 saturated heterocycles. The summed E-state index contributed by atoms with van der Waals surface area (Å²) in [5.41, 5.74) is 6.41. The minimum absolute atomic E-state index is 0.0110. The van der Waals surface area contributed by atoms with Crippen LogP contribution in [0.3, 0.4) is 0 Å². The number of nitrogens with two attached hydrogens (primary N) is 1. The van der Waals surface area contributed by atoms with Crippen molar-refractivity contribution in [1.82, 2.24) is 9.62 Å². The number of amides is 2. The Kier molecular flexibility index (Phi) is 8.62. The molecule has 1 rings (SSSR count). The fraction of sp³-hybridized carbons (Fsp3) is 0.500. The van der Waals surface area contributed by atoms with Crippen LogP contribution in [-0.4, -0.2) is 36.3 Å². The molecule has 1 atom stereocenters. The highest BCUT2D eigenvalue weighted by Crippen LogP contribution is 2.11. The van der Waals surface area contributed by atoms with Gasteiger partial charge in [-0.1, -0.05) is 55.6 Å². The van der Waals surface area contributed by atoms with Crippen LogP contribution in [0, 0.1) is 0 Å². The molecule has 0 aliphatic carbocycles. The van der Waals surface area contributed by atoms with Crippen molar-refractivity contribution < 1.29 is 9.59 Å². The first-order chi connectivity index (χ1) is 10.5. The first-order valence-corrected chi connectivity index (χ1v) is 8.47.